The van der Waals surface area contributed by atoms with Crippen molar-refractivity contribution in [1.82, 2.24) is 4.98 Å². The van der Waals surface area contributed by atoms with Crippen molar-refractivity contribution in [2.45, 2.75) is 32.1 Å². The minimum Gasteiger partial charge on any atom is -0.416 e. The fourth-order valence-electron chi connectivity index (χ4n) is 0.968. The Bertz CT molecular complexity index is 504. The van der Waals surface area contributed by atoms with Crippen LogP contribution in [0, 0.1) is 0 Å². The largest absolute Gasteiger partial charge is 0.416 e. The molecule has 0 aromatic carbocycles. The fourth-order valence-corrected chi connectivity index (χ4v) is 1.92. The topological polar surface area (TPSA) is 51.5 Å². The van der Waals surface area contributed by atoms with Crippen LogP contribution in [0.3, 0.4) is 0 Å². The maximum Gasteiger partial charge on any atom is 0.388 e. The molecule has 8 heteroatoms. The van der Waals surface area contributed by atoms with E-state index < -0.39 is 22.3 Å². The zero-order valence-electron chi connectivity index (χ0n) is 10.6. The molecule has 0 aliphatic rings. The molecular weight excluding hydrogens is 342 g/mol. The first-order valence-corrected chi connectivity index (χ1v) is 7.17. The lowest BCUT2D eigenvalue weighted by Crippen LogP contribution is -2.19. The SMILES string of the molecule is CC(C)(C)S(=O)N=Cc1ccnc(OC(F)F)c1Br. The van der Waals surface area contributed by atoms with Gasteiger partial charge in [-0.1, -0.05) is 0 Å². The lowest BCUT2D eigenvalue weighted by atomic mass is 10.3. The van der Waals surface area contributed by atoms with Crippen LogP contribution in [-0.2, 0) is 11.0 Å². The molecule has 1 atom stereocenters. The molecule has 1 aromatic rings. The summed E-state index contributed by atoms with van der Waals surface area (Å²) >= 11 is 3.10. The molecule has 1 rings (SSSR count). The van der Waals surface area contributed by atoms with E-state index in [1.807, 2.05) is 0 Å². The second kappa shape index (κ2) is 6.51. The third-order valence-corrected chi connectivity index (χ3v) is 4.04. The van der Waals surface area contributed by atoms with E-state index in [9.17, 15) is 13.0 Å². The molecule has 0 saturated heterocycles. The van der Waals surface area contributed by atoms with Gasteiger partial charge in [0.2, 0.25) is 5.88 Å². The third kappa shape index (κ3) is 4.94. The minimum absolute atomic E-state index is 0.236. The number of rotatable bonds is 4. The Kier molecular flexibility index (Phi) is 5.54. The first kappa shape index (κ1) is 16.2. The standard InChI is InChI=1S/C11H13BrF2N2O2S/c1-11(2,3)19(17)16-6-7-4-5-15-9(8(7)12)18-10(13)14/h4-6,10H,1-3H3. The summed E-state index contributed by atoms with van der Waals surface area (Å²) in [7, 11) is -1.42. The molecule has 19 heavy (non-hydrogen) atoms. The van der Waals surface area contributed by atoms with Gasteiger partial charge in [-0.2, -0.15) is 13.2 Å². The molecule has 106 valence electrons. The number of nitrogens with zero attached hydrogens (tertiary/aromatic N) is 2. The van der Waals surface area contributed by atoms with E-state index in [1.165, 1.54) is 12.4 Å². The van der Waals surface area contributed by atoms with Gasteiger partial charge in [-0.05, 0) is 42.8 Å². The second-order valence-corrected chi connectivity index (χ2v) is 7.22. The van der Waals surface area contributed by atoms with Gasteiger partial charge < -0.3 is 4.74 Å². The molecule has 4 nitrogen and oxygen atoms in total. The summed E-state index contributed by atoms with van der Waals surface area (Å²) in [5.74, 6) is -0.236. The summed E-state index contributed by atoms with van der Waals surface area (Å²) in [4.78, 5) is 3.67. The molecule has 0 saturated carbocycles. The maximum atomic E-state index is 12.1. The van der Waals surface area contributed by atoms with Gasteiger partial charge in [-0.25, -0.2) is 9.19 Å². The summed E-state index contributed by atoms with van der Waals surface area (Å²) in [6, 6.07) is 1.55. The van der Waals surface area contributed by atoms with Gasteiger partial charge in [0.05, 0.1) is 9.22 Å². The van der Waals surface area contributed by atoms with Gasteiger partial charge in [0.1, 0.15) is 11.0 Å². The van der Waals surface area contributed by atoms with E-state index in [0.29, 0.717) is 5.56 Å². The zero-order valence-corrected chi connectivity index (χ0v) is 13.0. The number of hydrogen-bond donors (Lipinski definition) is 0. The van der Waals surface area contributed by atoms with Gasteiger partial charge >= 0.3 is 6.61 Å². The summed E-state index contributed by atoms with van der Waals surface area (Å²) < 4.78 is 43.9. The zero-order chi connectivity index (χ0) is 14.6. The Labute approximate surface area is 121 Å². The number of ether oxygens (including phenoxy) is 1. The maximum absolute atomic E-state index is 12.1. The van der Waals surface area contributed by atoms with Gasteiger partial charge in [0.15, 0.2) is 0 Å². The van der Waals surface area contributed by atoms with Crippen LogP contribution < -0.4 is 4.74 Å². The molecule has 0 spiro atoms. The lowest BCUT2D eigenvalue weighted by Gasteiger charge is -2.13. The van der Waals surface area contributed by atoms with Crippen molar-refractivity contribution in [2.24, 2.45) is 4.40 Å². The Balaban J connectivity index is 2.97. The van der Waals surface area contributed by atoms with Crippen molar-refractivity contribution in [3.63, 3.8) is 0 Å². The van der Waals surface area contributed by atoms with Gasteiger partial charge in [-0.3, -0.25) is 0 Å². The molecule has 0 aliphatic heterocycles. The molecule has 0 amide bonds. The van der Waals surface area contributed by atoms with E-state index >= 15 is 0 Å². The van der Waals surface area contributed by atoms with E-state index in [2.05, 4.69) is 30.0 Å². The first-order valence-electron chi connectivity index (χ1n) is 5.27. The van der Waals surface area contributed by atoms with E-state index in [4.69, 9.17) is 0 Å². The second-order valence-electron chi connectivity index (χ2n) is 4.49. The third-order valence-electron chi connectivity index (χ3n) is 1.90. The number of pyridine rings is 1. The minimum atomic E-state index is -2.96. The van der Waals surface area contributed by atoms with E-state index in [-0.39, 0.29) is 10.4 Å². The monoisotopic (exact) mass is 354 g/mol. The molecule has 0 radical (unpaired) electrons. The van der Waals surface area contributed by atoms with Crippen molar-refractivity contribution in [3.8, 4) is 5.88 Å². The Morgan fingerprint density at radius 2 is 2.16 bits per heavy atom. The molecule has 0 fully saturated rings. The molecule has 1 unspecified atom stereocenters. The van der Waals surface area contributed by atoms with Crippen LogP contribution in [0.15, 0.2) is 21.1 Å². The first-order chi connectivity index (χ1) is 8.71. The van der Waals surface area contributed by atoms with Gasteiger partial charge in [0, 0.05) is 18.0 Å². The van der Waals surface area contributed by atoms with Crippen LogP contribution in [-0.4, -0.2) is 26.8 Å². The molecule has 0 bridgehead atoms. The predicted octanol–water partition coefficient (Wildman–Crippen LogP) is 3.33. The Hall–Kier alpha value is -0.890. The van der Waals surface area contributed by atoms with Gasteiger partial charge in [0.25, 0.3) is 0 Å². The van der Waals surface area contributed by atoms with E-state index in [0.717, 1.165) is 0 Å². The summed E-state index contributed by atoms with van der Waals surface area (Å²) in [5, 5.41) is 0. The van der Waals surface area contributed by atoms with Crippen molar-refractivity contribution >= 4 is 33.1 Å². The van der Waals surface area contributed by atoms with Crippen molar-refractivity contribution < 1.29 is 17.7 Å². The smallest absolute Gasteiger partial charge is 0.388 e. The average Bonchev–Trinajstić information content (AvgIpc) is 2.28. The Morgan fingerprint density at radius 1 is 1.53 bits per heavy atom. The molecule has 0 aliphatic carbocycles. The fraction of sp³-hybridized carbons (Fsp3) is 0.455. The van der Waals surface area contributed by atoms with E-state index in [1.54, 1.807) is 26.8 Å². The van der Waals surface area contributed by atoms with Crippen LogP contribution in [0.5, 0.6) is 5.88 Å². The van der Waals surface area contributed by atoms with Crippen LogP contribution in [0.2, 0.25) is 0 Å². The number of hydrogen-bond acceptors (Lipinski definition) is 3. The molecular formula is C11H13BrF2N2O2S. The van der Waals surface area contributed by atoms with Crippen LogP contribution >= 0.6 is 15.9 Å². The van der Waals surface area contributed by atoms with Crippen LogP contribution in [0.25, 0.3) is 0 Å². The number of halogens is 3. The quantitative estimate of drug-likeness (QED) is 0.779. The van der Waals surface area contributed by atoms with Gasteiger partial charge in [-0.15, -0.1) is 0 Å². The van der Waals surface area contributed by atoms with Crippen molar-refractivity contribution in [3.05, 3.63) is 22.3 Å². The van der Waals surface area contributed by atoms with Crippen LogP contribution in [0.1, 0.15) is 26.3 Å². The highest BCUT2D eigenvalue weighted by molar-refractivity contribution is 9.10. The van der Waals surface area contributed by atoms with Crippen molar-refractivity contribution in [2.75, 3.05) is 0 Å². The normalized spacial score (nSPS) is 14.1. The van der Waals surface area contributed by atoms with Crippen molar-refractivity contribution in [1.29, 1.82) is 0 Å². The number of alkyl halides is 2. The molecule has 1 heterocycles. The molecule has 0 N–H and O–H groups in total. The highest BCUT2D eigenvalue weighted by atomic mass is 79.9. The summed E-state index contributed by atoms with van der Waals surface area (Å²) in [5.41, 5.74) is 0.461. The summed E-state index contributed by atoms with van der Waals surface area (Å²) in [6.07, 6.45) is 2.65. The van der Waals surface area contributed by atoms with Crippen LogP contribution in [0.4, 0.5) is 8.78 Å². The highest BCUT2D eigenvalue weighted by Crippen LogP contribution is 2.26. The number of aromatic nitrogens is 1. The lowest BCUT2D eigenvalue weighted by molar-refractivity contribution is -0.0534. The summed E-state index contributed by atoms with van der Waals surface area (Å²) in [6.45, 7) is 2.40. The predicted molar refractivity (Wildman–Crippen MR) is 74.1 cm³/mol. The molecule has 1 aromatic heterocycles. The highest BCUT2D eigenvalue weighted by Gasteiger charge is 2.18. The Morgan fingerprint density at radius 3 is 2.68 bits per heavy atom. The average molecular weight is 355 g/mol.